The number of sulfonamides is 1. The highest BCUT2D eigenvalue weighted by Gasteiger charge is 2.20. The van der Waals surface area contributed by atoms with Crippen molar-refractivity contribution in [3.63, 3.8) is 0 Å². The summed E-state index contributed by atoms with van der Waals surface area (Å²) in [6, 6.07) is 14.6. The SMILES string of the molecule is CCN(CC)C(CNC(=O)c1cc(NC(C)=O)ccc1NS(C)(=O)=O)Cc1ccccc1. The van der Waals surface area contributed by atoms with E-state index in [-0.39, 0.29) is 23.2 Å². The van der Waals surface area contributed by atoms with Crippen molar-refractivity contribution in [2.24, 2.45) is 0 Å². The van der Waals surface area contributed by atoms with Crippen molar-refractivity contribution < 1.29 is 18.0 Å². The highest BCUT2D eigenvalue weighted by molar-refractivity contribution is 7.92. The Labute approximate surface area is 190 Å². The Bertz CT molecular complexity index is 1020. The number of hydrogen-bond acceptors (Lipinski definition) is 5. The number of likely N-dealkylation sites (N-methyl/N-ethyl adjacent to an activating group) is 1. The molecule has 3 N–H and O–H groups in total. The molecule has 2 rings (SSSR count). The molecule has 0 fully saturated rings. The van der Waals surface area contributed by atoms with Gasteiger partial charge in [-0.1, -0.05) is 44.2 Å². The van der Waals surface area contributed by atoms with Gasteiger partial charge in [0.1, 0.15) is 0 Å². The monoisotopic (exact) mass is 460 g/mol. The molecule has 0 spiro atoms. The first kappa shape index (κ1) is 25.4. The van der Waals surface area contributed by atoms with E-state index in [0.717, 1.165) is 25.8 Å². The van der Waals surface area contributed by atoms with Gasteiger partial charge in [-0.05, 0) is 43.3 Å². The Morgan fingerprint density at radius 2 is 1.69 bits per heavy atom. The molecule has 32 heavy (non-hydrogen) atoms. The van der Waals surface area contributed by atoms with E-state index in [1.54, 1.807) is 6.07 Å². The van der Waals surface area contributed by atoms with Crippen LogP contribution in [0.5, 0.6) is 0 Å². The Morgan fingerprint density at radius 3 is 2.25 bits per heavy atom. The summed E-state index contributed by atoms with van der Waals surface area (Å²) in [4.78, 5) is 26.8. The second kappa shape index (κ2) is 11.6. The lowest BCUT2D eigenvalue weighted by molar-refractivity contribution is -0.114. The third-order valence-electron chi connectivity index (χ3n) is 5.02. The zero-order valence-electron chi connectivity index (χ0n) is 19.0. The van der Waals surface area contributed by atoms with Crippen LogP contribution in [-0.4, -0.2) is 57.1 Å². The van der Waals surface area contributed by atoms with E-state index in [1.165, 1.54) is 24.6 Å². The van der Waals surface area contributed by atoms with Crippen LogP contribution in [0, 0.1) is 0 Å². The summed E-state index contributed by atoms with van der Waals surface area (Å²) in [5.74, 6) is -0.710. The molecular weight excluding hydrogens is 428 g/mol. The molecule has 0 aromatic heterocycles. The van der Waals surface area contributed by atoms with Gasteiger partial charge in [-0.25, -0.2) is 8.42 Å². The molecule has 2 aromatic rings. The summed E-state index contributed by atoms with van der Waals surface area (Å²) in [6.45, 7) is 7.58. The van der Waals surface area contributed by atoms with Crippen LogP contribution in [0.25, 0.3) is 0 Å². The first-order chi connectivity index (χ1) is 15.1. The highest BCUT2D eigenvalue weighted by Crippen LogP contribution is 2.22. The van der Waals surface area contributed by atoms with Gasteiger partial charge in [0.05, 0.1) is 17.5 Å². The van der Waals surface area contributed by atoms with Gasteiger partial charge in [-0.15, -0.1) is 0 Å². The number of carbonyl (C=O) groups is 2. The van der Waals surface area contributed by atoms with Crippen molar-refractivity contribution in [1.29, 1.82) is 0 Å². The number of amides is 2. The quantitative estimate of drug-likeness (QED) is 0.478. The molecule has 2 aromatic carbocycles. The summed E-state index contributed by atoms with van der Waals surface area (Å²) in [7, 11) is -3.59. The number of nitrogens with zero attached hydrogens (tertiary/aromatic N) is 1. The van der Waals surface area contributed by atoms with Crippen LogP contribution in [0.1, 0.15) is 36.7 Å². The van der Waals surface area contributed by atoms with Crippen LogP contribution in [0.15, 0.2) is 48.5 Å². The topological polar surface area (TPSA) is 108 Å². The van der Waals surface area contributed by atoms with Crippen molar-refractivity contribution in [2.75, 3.05) is 35.9 Å². The molecule has 0 bridgehead atoms. The smallest absolute Gasteiger partial charge is 0.253 e. The van der Waals surface area contributed by atoms with Gasteiger partial charge < -0.3 is 10.6 Å². The van der Waals surface area contributed by atoms with E-state index in [1.807, 2.05) is 18.2 Å². The minimum Gasteiger partial charge on any atom is -0.350 e. The third kappa shape index (κ3) is 7.97. The Hall–Kier alpha value is -2.91. The molecule has 0 saturated carbocycles. The van der Waals surface area contributed by atoms with Crippen molar-refractivity contribution in [2.45, 2.75) is 33.2 Å². The van der Waals surface area contributed by atoms with E-state index in [2.05, 4.69) is 46.2 Å². The summed E-state index contributed by atoms with van der Waals surface area (Å²) < 4.78 is 25.9. The van der Waals surface area contributed by atoms with Gasteiger partial charge in [0.2, 0.25) is 15.9 Å². The maximum atomic E-state index is 13.1. The minimum atomic E-state index is -3.59. The van der Waals surface area contributed by atoms with Gasteiger partial charge in [-0.2, -0.15) is 0 Å². The van der Waals surface area contributed by atoms with Gasteiger partial charge in [-0.3, -0.25) is 19.2 Å². The van der Waals surface area contributed by atoms with Crippen molar-refractivity contribution in [1.82, 2.24) is 10.2 Å². The average molecular weight is 461 g/mol. The zero-order chi connectivity index (χ0) is 23.7. The normalized spacial score (nSPS) is 12.3. The summed E-state index contributed by atoms with van der Waals surface area (Å²) >= 11 is 0. The second-order valence-corrected chi connectivity index (χ2v) is 9.34. The minimum absolute atomic E-state index is 0.0706. The lowest BCUT2D eigenvalue weighted by Gasteiger charge is -2.30. The fraction of sp³-hybridized carbons (Fsp3) is 0.391. The molecule has 0 aliphatic heterocycles. The standard InChI is InChI=1S/C23H32N4O4S/c1-5-27(6-2)20(14-18-10-8-7-9-11-18)16-24-23(29)21-15-19(25-17(3)28)12-13-22(21)26-32(4,30)31/h7-13,15,20,26H,5-6,14,16H2,1-4H3,(H,24,29)(H,25,28). The first-order valence-electron chi connectivity index (χ1n) is 10.6. The van der Waals surface area contributed by atoms with E-state index >= 15 is 0 Å². The molecule has 2 amide bonds. The van der Waals surface area contributed by atoms with Gasteiger partial charge >= 0.3 is 0 Å². The maximum absolute atomic E-state index is 13.1. The first-order valence-corrected chi connectivity index (χ1v) is 12.5. The molecule has 8 nitrogen and oxygen atoms in total. The molecule has 0 radical (unpaired) electrons. The Balaban J connectivity index is 2.26. The predicted molar refractivity (Wildman–Crippen MR) is 128 cm³/mol. The summed E-state index contributed by atoms with van der Waals surface area (Å²) in [5.41, 5.74) is 1.87. The summed E-state index contributed by atoms with van der Waals surface area (Å²) in [5, 5.41) is 5.57. The van der Waals surface area contributed by atoms with Crippen molar-refractivity contribution >= 4 is 33.2 Å². The van der Waals surface area contributed by atoms with Crippen molar-refractivity contribution in [3.8, 4) is 0 Å². The molecule has 0 saturated heterocycles. The van der Waals surface area contributed by atoms with E-state index < -0.39 is 15.9 Å². The predicted octanol–water partition coefficient (Wildman–Crippen LogP) is 2.70. The van der Waals surface area contributed by atoms with Crippen molar-refractivity contribution in [3.05, 3.63) is 59.7 Å². The molecule has 0 heterocycles. The largest absolute Gasteiger partial charge is 0.350 e. The molecular formula is C23H32N4O4S. The number of rotatable bonds is 11. The van der Waals surface area contributed by atoms with E-state index in [9.17, 15) is 18.0 Å². The lowest BCUT2D eigenvalue weighted by Crippen LogP contribution is -2.45. The molecule has 9 heteroatoms. The number of benzene rings is 2. The van der Waals surface area contributed by atoms with Crippen LogP contribution in [0.2, 0.25) is 0 Å². The summed E-state index contributed by atoms with van der Waals surface area (Å²) in [6.07, 6.45) is 1.79. The fourth-order valence-corrected chi connectivity index (χ4v) is 4.14. The van der Waals surface area contributed by atoms with Crippen LogP contribution in [0.4, 0.5) is 11.4 Å². The zero-order valence-corrected chi connectivity index (χ0v) is 19.8. The second-order valence-electron chi connectivity index (χ2n) is 7.59. The molecule has 0 aliphatic rings. The van der Waals surface area contributed by atoms with Gasteiger partial charge in [0, 0.05) is 25.2 Å². The van der Waals surface area contributed by atoms with E-state index in [0.29, 0.717) is 12.2 Å². The number of nitrogens with one attached hydrogen (secondary N) is 3. The number of anilines is 2. The fourth-order valence-electron chi connectivity index (χ4n) is 3.56. The molecule has 0 aliphatic carbocycles. The third-order valence-corrected chi connectivity index (χ3v) is 5.61. The molecule has 1 unspecified atom stereocenters. The maximum Gasteiger partial charge on any atom is 0.253 e. The van der Waals surface area contributed by atoms with Gasteiger partial charge in [0.15, 0.2) is 0 Å². The highest BCUT2D eigenvalue weighted by atomic mass is 32.2. The molecule has 174 valence electrons. The number of hydrogen-bond donors (Lipinski definition) is 3. The average Bonchev–Trinajstić information content (AvgIpc) is 2.73. The molecule has 1 atom stereocenters. The van der Waals surface area contributed by atoms with E-state index in [4.69, 9.17) is 0 Å². The Morgan fingerprint density at radius 1 is 1.03 bits per heavy atom. The van der Waals surface area contributed by atoms with Crippen LogP contribution in [0.3, 0.4) is 0 Å². The van der Waals surface area contributed by atoms with Gasteiger partial charge in [0.25, 0.3) is 5.91 Å². The Kier molecular flexibility index (Phi) is 9.22. The van der Waals surface area contributed by atoms with Crippen LogP contribution >= 0.6 is 0 Å². The number of carbonyl (C=O) groups excluding carboxylic acids is 2. The van der Waals surface area contributed by atoms with Crippen LogP contribution in [-0.2, 0) is 21.2 Å². The lowest BCUT2D eigenvalue weighted by atomic mass is 10.0. The van der Waals surface area contributed by atoms with Crippen LogP contribution < -0.4 is 15.4 Å².